The molecule has 1 heterocycles. The van der Waals surface area contributed by atoms with Gasteiger partial charge in [0.2, 0.25) is 0 Å². The van der Waals surface area contributed by atoms with Gasteiger partial charge in [-0.3, -0.25) is 0 Å². The van der Waals surface area contributed by atoms with Gasteiger partial charge >= 0.3 is 6.18 Å². The highest BCUT2D eigenvalue weighted by Gasteiger charge is 2.40. The summed E-state index contributed by atoms with van der Waals surface area (Å²) in [6, 6.07) is 1.55. The minimum Gasteiger partial charge on any atom is -0.302 e. The SMILES string of the molecule is CCNC(c1ccc(Br)s1)C(F)(F)F. The first-order chi connectivity index (χ1) is 6.45. The fourth-order valence-electron chi connectivity index (χ4n) is 1.07. The van der Waals surface area contributed by atoms with Gasteiger partial charge in [0.25, 0.3) is 0 Å². The van der Waals surface area contributed by atoms with Gasteiger partial charge in [-0.15, -0.1) is 11.3 Å². The Bertz CT molecular complexity index is 297. The molecule has 1 aromatic rings. The van der Waals surface area contributed by atoms with Crippen molar-refractivity contribution < 1.29 is 13.2 Å². The Morgan fingerprint density at radius 2 is 2.14 bits per heavy atom. The summed E-state index contributed by atoms with van der Waals surface area (Å²) in [6.07, 6.45) is -4.24. The van der Waals surface area contributed by atoms with Crippen LogP contribution in [0.3, 0.4) is 0 Å². The third-order valence-corrected chi connectivity index (χ3v) is 3.30. The highest BCUT2D eigenvalue weighted by atomic mass is 79.9. The molecule has 1 unspecified atom stereocenters. The fraction of sp³-hybridized carbons (Fsp3) is 0.500. The topological polar surface area (TPSA) is 12.0 Å². The van der Waals surface area contributed by atoms with Crippen LogP contribution in [-0.2, 0) is 0 Å². The van der Waals surface area contributed by atoms with Crippen LogP contribution in [0, 0.1) is 0 Å². The molecule has 0 saturated carbocycles. The predicted molar refractivity (Wildman–Crippen MR) is 54.5 cm³/mol. The van der Waals surface area contributed by atoms with Crippen LogP contribution in [0.2, 0.25) is 0 Å². The predicted octanol–water partition coefficient (Wildman–Crippen LogP) is 3.72. The summed E-state index contributed by atoms with van der Waals surface area (Å²) in [7, 11) is 0. The zero-order valence-corrected chi connectivity index (χ0v) is 9.76. The molecule has 0 radical (unpaired) electrons. The lowest BCUT2D eigenvalue weighted by molar-refractivity contribution is -0.156. The molecular formula is C8H9BrF3NS. The van der Waals surface area contributed by atoms with Crippen molar-refractivity contribution in [3.63, 3.8) is 0 Å². The van der Waals surface area contributed by atoms with E-state index < -0.39 is 12.2 Å². The molecule has 14 heavy (non-hydrogen) atoms. The van der Waals surface area contributed by atoms with E-state index in [0.717, 1.165) is 11.3 Å². The molecule has 0 aliphatic carbocycles. The number of hydrogen-bond acceptors (Lipinski definition) is 2. The van der Waals surface area contributed by atoms with Crippen LogP contribution < -0.4 is 5.32 Å². The van der Waals surface area contributed by atoms with Gasteiger partial charge in [0.15, 0.2) is 0 Å². The molecule has 0 fully saturated rings. The number of thiophene rings is 1. The largest absolute Gasteiger partial charge is 0.408 e. The van der Waals surface area contributed by atoms with Crippen LogP contribution >= 0.6 is 27.3 Å². The molecule has 0 bridgehead atoms. The molecule has 0 saturated heterocycles. The first-order valence-electron chi connectivity index (χ1n) is 4.00. The zero-order valence-electron chi connectivity index (χ0n) is 7.36. The molecule has 1 aromatic heterocycles. The van der Waals surface area contributed by atoms with Gasteiger partial charge in [0.05, 0.1) is 3.79 Å². The van der Waals surface area contributed by atoms with Crippen molar-refractivity contribution in [3.8, 4) is 0 Å². The second-order valence-electron chi connectivity index (χ2n) is 2.67. The minimum atomic E-state index is -4.24. The Hall–Kier alpha value is -0.0700. The molecule has 1 atom stereocenters. The van der Waals surface area contributed by atoms with Crippen LogP contribution in [0.25, 0.3) is 0 Å². The molecule has 1 nitrogen and oxygen atoms in total. The third-order valence-electron chi connectivity index (χ3n) is 1.61. The Kier molecular flexibility index (Phi) is 3.97. The lowest BCUT2D eigenvalue weighted by Gasteiger charge is -2.19. The van der Waals surface area contributed by atoms with E-state index in [1.165, 1.54) is 6.07 Å². The Balaban J connectivity index is 2.88. The van der Waals surface area contributed by atoms with Crippen molar-refractivity contribution in [1.29, 1.82) is 0 Å². The van der Waals surface area contributed by atoms with Crippen LogP contribution in [0.5, 0.6) is 0 Å². The number of hydrogen-bond donors (Lipinski definition) is 1. The number of halogens is 4. The van der Waals surface area contributed by atoms with E-state index in [0.29, 0.717) is 10.3 Å². The maximum atomic E-state index is 12.5. The first kappa shape index (κ1) is 12.0. The number of rotatable bonds is 3. The molecule has 1 rings (SSSR count). The monoisotopic (exact) mass is 287 g/mol. The Morgan fingerprint density at radius 3 is 2.50 bits per heavy atom. The Labute approximate surface area is 92.4 Å². The molecule has 0 spiro atoms. The average molecular weight is 288 g/mol. The normalized spacial score (nSPS) is 14.4. The summed E-state index contributed by atoms with van der Waals surface area (Å²) in [5.74, 6) is 0. The molecule has 0 aliphatic rings. The summed E-state index contributed by atoms with van der Waals surface area (Å²) >= 11 is 4.24. The van der Waals surface area contributed by atoms with Crippen LogP contribution in [0.4, 0.5) is 13.2 Å². The second kappa shape index (κ2) is 4.63. The van der Waals surface area contributed by atoms with Gasteiger partial charge in [-0.2, -0.15) is 13.2 Å². The molecule has 6 heteroatoms. The second-order valence-corrected chi connectivity index (χ2v) is 5.17. The van der Waals surface area contributed by atoms with E-state index in [2.05, 4.69) is 21.2 Å². The van der Waals surface area contributed by atoms with E-state index in [4.69, 9.17) is 0 Å². The highest BCUT2D eigenvalue weighted by molar-refractivity contribution is 9.11. The Morgan fingerprint density at radius 1 is 1.50 bits per heavy atom. The zero-order chi connectivity index (χ0) is 10.8. The maximum absolute atomic E-state index is 12.5. The number of alkyl halides is 3. The number of nitrogens with one attached hydrogen (secondary N) is 1. The summed E-state index contributed by atoms with van der Waals surface area (Å²) in [4.78, 5) is 0.284. The minimum absolute atomic E-state index is 0.284. The first-order valence-corrected chi connectivity index (χ1v) is 5.61. The van der Waals surface area contributed by atoms with Crippen molar-refractivity contribution >= 4 is 27.3 Å². The van der Waals surface area contributed by atoms with E-state index >= 15 is 0 Å². The van der Waals surface area contributed by atoms with E-state index in [9.17, 15) is 13.2 Å². The van der Waals surface area contributed by atoms with Crippen molar-refractivity contribution in [3.05, 3.63) is 20.8 Å². The third kappa shape index (κ3) is 2.96. The molecule has 0 aliphatic heterocycles. The highest BCUT2D eigenvalue weighted by Crippen LogP contribution is 2.37. The molecule has 0 aromatic carbocycles. The van der Waals surface area contributed by atoms with Crippen LogP contribution in [0.15, 0.2) is 15.9 Å². The average Bonchev–Trinajstić information content (AvgIpc) is 2.45. The van der Waals surface area contributed by atoms with Gasteiger partial charge in [-0.25, -0.2) is 0 Å². The van der Waals surface area contributed by atoms with Crippen LogP contribution in [0.1, 0.15) is 17.8 Å². The van der Waals surface area contributed by atoms with Gasteiger partial charge in [0.1, 0.15) is 6.04 Å². The fourth-order valence-corrected chi connectivity index (χ4v) is 2.59. The lowest BCUT2D eigenvalue weighted by atomic mass is 10.2. The molecule has 0 amide bonds. The summed E-state index contributed by atoms with van der Waals surface area (Å²) in [5, 5.41) is 2.42. The molecule has 80 valence electrons. The van der Waals surface area contributed by atoms with Crippen molar-refractivity contribution in [2.24, 2.45) is 0 Å². The van der Waals surface area contributed by atoms with Gasteiger partial charge in [-0.05, 0) is 34.6 Å². The van der Waals surface area contributed by atoms with Gasteiger partial charge < -0.3 is 5.32 Å². The standard InChI is InChI=1S/C8H9BrF3NS/c1-2-13-7(8(10,11)12)5-3-4-6(9)14-5/h3-4,7,13H,2H2,1H3. The van der Waals surface area contributed by atoms with Gasteiger partial charge in [-0.1, -0.05) is 6.92 Å². The van der Waals surface area contributed by atoms with E-state index in [1.807, 2.05) is 0 Å². The quantitative estimate of drug-likeness (QED) is 0.893. The summed E-state index contributed by atoms with van der Waals surface area (Å²) < 4.78 is 38.3. The molecular weight excluding hydrogens is 279 g/mol. The molecule has 1 N–H and O–H groups in total. The van der Waals surface area contributed by atoms with Crippen molar-refractivity contribution in [2.75, 3.05) is 6.54 Å². The van der Waals surface area contributed by atoms with Crippen LogP contribution in [-0.4, -0.2) is 12.7 Å². The van der Waals surface area contributed by atoms with E-state index in [-0.39, 0.29) is 4.88 Å². The summed E-state index contributed by atoms with van der Waals surface area (Å²) in [5.41, 5.74) is 0. The summed E-state index contributed by atoms with van der Waals surface area (Å²) in [6.45, 7) is 1.95. The van der Waals surface area contributed by atoms with E-state index in [1.54, 1.807) is 13.0 Å². The smallest absolute Gasteiger partial charge is 0.302 e. The van der Waals surface area contributed by atoms with Crippen molar-refractivity contribution in [1.82, 2.24) is 5.32 Å². The lowest BCUT2D eigenvalue weighted by Crippen LogP contribution is -2.33. The van der Waals surface area contributed by atoms with Gasteiger partial charge in [0, 0.05) is 4.88 Å². The maximum Gasteiger partial charge on any atom is 0.408 e. The van der Waals surface area contributed by atoms with Crippen molar-refractivity contribution in [2.45, 2.75) is 19.1 Å².